The molecular formula is C60H107NO10. The Morgan fingerprint density at radius 1 is 0.437 bits per heavy atom. The largest absolute Gasteiger partial charge is 0.490 e. The maximum absolute atomic E-state index is 12.9. The summed E-state index contributed by atoms with van der Waals surface area (Å²) in [7, 11) is 1.69. The van der Waals surface area contributed by atoms with Crippen molar-refractivity contribution in [2.24, 2.45) is 0 Å². The number of hydrogen-bond donors (Lipinski definition) is 1. The molecule has 1 rings (SSSR count). The summed E-state index contributed by atoms with van der Waals surface area (Å²) in [6, 6.07) is 8.16. The molecule has 0 saturated heterocycles. The Morgan fingerprint density at radius 2 is 0.775 bits per heavy atom. The zero-order valence-electron chi connectivity index (χ0n) is 46.3. The highest BCUT2D eigenvalue weighted by molar-refractivity contribution is 5.71. The van der Waals surface area contributed by atoms with Gasteiger partial charge in [-0.05, 0) is 49.8 Å². The number of carbonyl (C=O) groups excluding carboxylic acids is 4. The molecule has 1 aromatic carbocycles. The van der Waals surface area contributed by atoms with Gasteiger partial charge in [-0.25, -0.2) is 0 Å². The fourth-order valence-corrected chi connectivity index (χ4v) is 8.61. The Bertz CT molecular complexity index is 1340. The van der Waals surface area contributed by atoms with Crippen LogP contribution in [0.2, 0.25) is 0 Å². The minimum absolute atomic E-state index is 0.122. The van der Waals surface area contributed by atoms with Crippen LogP contribution in [0.3, 0.4) is 0 Å². The van der Waals surface area contributed by atoms with E-state index in [1.54, 1.807) is 7.11 Å². The Labute approximate surface area is 434 Å². The third kappa shape index (κ3) is 44.1. The average molecular weight is 1000 g/mol. The van der Waals surface area contributed by atoms with E-state index in [0.29, 0.717) is 38.8 Å². The molecule has 0 spiro atoms. The van der Waals surface area contributed by atoms with Crippen molar-refractivity contribution < 1.29 is 47.6 Å². The van der Waals surface area contributed by atoms with Crippen molar-refractivity contribution in [1.29, 1.82) is 0 Å². The van der Waals surface area contributed by atoms with Gasteiger partial charge in [-0.1, -0.05) is 220 Å². The summed E-state index contributed by atoms with van der Waals surface area (Å²) in [5, 5.41) is 3.35. The molecule has 412 valence electrons. The van der Waals surface area contributed by atoms with Gasteiger partial charge in [-0.2, -0.15) is 0 Å². The summed E-state index contributed by atoms with van der Waals surface area (Å²) in [6.45, 7) is 9.82. The summed E-state index contributed by atoms with van der Waals surface area (Å²) in [4.78, 5) is 51.1. The SMILES string of the molecule is CCCCCCCCCCCCCCCC(=O)OCC(COC(=O)CCCCCCCCCCCCCCC)OC(=O)CCCCCCCCC(=O)OC(CNC(C)C)COc1ccc(CCOC)cc1. The van der Waals surface area contributed by atoms with E-state index >= 15 is 0 Å². The molecule has 11 nitrogen and oxygen atoms in total. The van der Waals surface area contributed by atoms with Crippen LogP contribution in [0.4, 0.5) is 0 Å². The maximum Gasteiger partial charge on any atom is 0.306 e. The van der Waals surface area contributed by atoms with E-state index < -0.39 is 12.2 Å². The van der Waals surface area contributed by atoms with Crippen LogP contribution in [0.15, 0.2) is 24.3 Å². The zero-order valence-corrected chi connectivity index (χ0v) is 46.3. The van der Waals surface area contributed by atoms with Gasteiger partial charge < -0.3 is 33.7 Å². The maximum atomic E-state index is 12.9. The minimum Gasteiger partial charge on any atom is -0.490 e. The molecule has 0 heterocycles. The molecule has 0 bridgehead atoms. The quantitative estimate of drug-likeness (QED) is 0.0379. The van der Waals surface area contributed by atoms with E-state index in [9.17, 15) is 19.2 Å². The smallest absolute Gasteiger partial charge is 0.306 e. The van der Waals surface area contributed by atoms with Gasteiger partial charge in [-0.3, -0.25) is 19.2 Å². The summed E-state index contributed by atoms with van der Waals surface area (Å²) in [6.07, 6.45) is 37.9. The van der Waals surface area contributed by atoms with Gasteiger partial charge in [0.05, 0.1) is 6.61 Å². The van der Waals surface area contributed by atoms with E-state index in [1.807, 2.05) is 24.3 Å². The topological polar surface area (TPSA) is 136 Å². The standard InChI is InChI=1S/C60H107NO10/c1-6-8-10-12-14-16-18-20-22-24-26-30-34-38-57(62)68-50-56(51-69-58(63)39-35-31-27-25-23-21-19-17-15-13-11-9-7-2)71-60(65)41-37-33-29-28-32-36-40-59(64)70-55(48-61-52(3)4)49-67-54-44-42-53(43-45-54)46-47-66-5/h42-45,52,55-56,61H,6-41,46-51H2,1-5H3. The van der Waals surface area contributed by atoms with Crippen LogP contribution in [0.25, 0.3) is 0 Å². The minimum atomic E-state index is -0.835. The predicted octanol–water partition coefficient (Wildman–Crippen LogP) is 15.2. The Balaban J connectivity index is 2.41. The van der Waals surface area contributed by atoms with Crippen LogP contribution in [0.5, 0.6) is 5.75 Å². The second kappa shape index (κ2) is 49.1. The van der Waals surface area contributed by atoms with Crippen molar-refractivity contribution in [3.8, 4) is 5.75 Å². The average Bonchev–Trinajstić information content (AvgIpc) is 3.36. The molecule has 0 amide bonds. The van der Waals surface area contributed by atoms with E-state index in [4.69, 9.17) is 28.4 Å². The van der Waals surface area contributed by atoms with Crippen molar-refractivity contribution in [1.82, 2.24) is 5.32 Å². The number of carbonyl (C=O) groups is 4. The normalized spacial score (nSPS) is 11.8. The second-order valence-electron chi connectivity index (χ2n) is 20.5. The van der Waals surface area contributed by atoms with Crippen molar-refractivity contribution >= 4 is 23.9 Å². The molecule has 0 aromatic heterocycles. The molecule has 0 aliphatic heterocycles. The number of unbranched alkanes of at least 4 members (excludes halogenated alkanes) is 29. The second-order valence-corrected chi connectivity index (χ2v) is 20.5. The van der Waals surface area contributed by atoms with E-state index in [2.05, 4.69) is 33.0 Å². The molecule has 0 saturated carbocycles. The Kier molecular flexibility index (Phi) is 45.5. The fourth-order valence-electron chi connectivity index (χ4n) is 8.61. The van der Waals surface area contributed by atoms with Crippen molar-refractivity contribution in [2.45, 2.75) is 284 Å². The first kappa shape index (κ1) is 65.8. The molecule has 71 heavy (non-hydrogen) atoms. The molecular weight excluding hydrogens is 895 g/mol. The van der Waals surface area contributed by atoms with E-state index in [1.165, 1.54) is 134 Å². The van der Waals surface area contributed by atoms with Gasteiger partial charge in [0.2, 0.25) is 0 Å². The fraction of sp³-hybridized carbons (Fsp3) is 0.833. The summed E-state index contributed by atoms with van der Waals surface area (Å²) < 4.78 is 33.8. The third-order valence-corrected chi connectivity index (χ3v) is 13.1. The molecule has 1 atom stereocenters. The highest BCUT2D eigenvalue weighted by atomic mass is 16.6. The number of hydrogen-bond acceptors (Lipinski definition) is 11. The third-order valence-electron chi connectivity index (χ3n) is 13.1. The molecule has 11 heteroatoms. The van der Waals surface area contributed by atoms with E-state index in [0.717, 1.165) is 82.8 Å². The van der Waals surface area contributed by atoms with Crippen molar-refractivity contribution in [3.63, 3.8) is 0 Å². The monoisotopic (exact) mass is 1000 g/mol. The van der Waals surface area contributed by atoms with Crippen LogP contribution >= 0.6 is 0 Å². The van der Waals surface area contributed by atoms with Crippen molar-refractivity contribution in [2.75, 3.05) is 40.1 Å². The first-order valence-corrected chi connectivity index (χ1v) is 29.3. The van der Waals surface area contributed by atoms with Crippen LogP contribution in [0.1, 0.15) is 264 Å². The molecule has 1 aromatic rings. The number of esters is 4. The van der Waals surface area contributed by atoms with E-state index in [-0.39, 0.29) is 56.2 Å². The van der Waals surface area contributed by atoms with Gasteiger partial charge >= 0.3 is 23.9 Å². The summed E-state index contributed by atoms with van der Waals surface area (Å²) in [5.41, 5.74) is 1.17. The van der Waals surface area contributed by atoms with Gasteiger partial charge in [0.25, 0.3) is 0 Å². The predicted molar refractivity (Wildman–Crippen MR) is 290 cm³/mol. The van der Waals surface area contributed by atoms with Gasteiger partial charge in [0, 0.05) is 45.4 Å². The van der Waals surface area contributed by atoms with Crippen LogP contribution in [-0.2, 0) is 49.3 Å². The lowest BCUT2D eigenvalue weighted by Gasteiger charge is -2.20. The van der Waals surface area contributed by atoms with Crippen LogP contribution in [-0.4, -0.2) is 82.2 Å². The lowest BCUT2D eigenvalue weighted by Crippen LogP contribution is -2.38. The number of ether oxygens (including phenoxy) is 6. The highest BCUT2D eigenvalue weighted by Crippen LogP contribution is 2.18. The number of benzene rings is 1. The highest BCUT2D eigenvalue weighted by Gasteiger charge is 2.20. The van der Waals surface area contributed by atoms with Crippen LogP contribution in [0, 0.1) is 0 Å². The molecule has 1 unspecified atom stereocenters. The van der Waals surface area contributed by atoms with Gasteiger partial charge in [-0.15, -0.1) is 0 Å². The Hall–Kier alpha value is -3.18. The lowest BCUT2D eigenvalue weighted by molar-refractivity contribution is -0.167. The first-order valence-electron chi connectivity index (χ1n) is 29.3. The first-order chi connectivity index (χ1) is 34.7. The van der Waals surface area contributed by atoms with Crippen molar-refractivity contribution in [3.05, 3.63) is 29.8 Å². The lowest BCUT2D eigenvalue weighted by atomic mass is 10.0. The number of methoxy groups -OCH3 is 1. The van der Waals surface area contributed by atoms with Crippen LogP contribution < -0.4 is 10.1 Å². The summed E-state index contributed by atoms with van der Waals surface area (Å²) in [5.74, 6) is -0.506. The molecule has 0 aliphatic rings. The Morgan fingerprint density at radius 3 is 1.13 bits per heavy atom. The number of rotatable bonds is 52. The molecule has 1 N–H and O–H groups in total. The number of nitrogens with one attached hydrogen (secondary N) is 1. The zero-order chi connectivity index (χ0) is 51.7. The summed E-state index contributed by atoms with van der Waals surface area (Å²) >= 11 is 0. The molecule has 0 radical (unpaired) electrons. The van der Waals surface area contributed by atoms with Gasteiger partial charge in [0.15, 0.2) is 6.10 Å². The van der Waals surface area contributed by atoms with Gasteiger partial charge in [0.1, 0.15) is 31.7 Å². The molecule has 0 aliphatic carbocycles. The molecule has 0 fully saturated rings.